The van der Waals surface area contributed by atoms with Crippen molar-refractivity contribution < 1.29 is 0 Å². The molecule has 0 saturated carbocycles. The molecular formula is C6H5O2P. The van der Waals surface area contributed by atoms with E-state index in [9.17, 15) is 9.59 Å². The van der Waals surface area contributed by atoms with E-state index in [-0.39, 0.29) is 13.4 Å². The van der Waals surface area contributed by atoms with Crippen molar-refractivity contribution in [2.24, 2.45) is 0 Å². The van der Waals surface area contributed by atoms with E-state index >= 15 is 0 Å². The first-order valence-corrected chi connectivity index (χ1v) is 3.56. The fourth-order valence-electron chi connectivity index (χ4n) is 0.469. The lowest BCUT2D eigenvalue weighted by atomic mass is 10.5. The van der Waals surface area contributed by atoms with Crippen LogP contribution in [0.15, 0.2) is 33.6 Å². The van der Waals surface area contributed by atoms with E-state index in [4.69, 9.17) is 0 Å². The normalized spacial score (nSPS) is 9.78. The third-order valence-corrected chi connectivity index (χ3v) is 1.76. The van der Waals surface area contributed by atoms with Gasteiger partial charge in [-0.15, -0.1) is 0 Å². The van der Waals surface area contributed by atoms with Gasteiger partial charge in [-0.05, 0) is 11.9 Å². The highest BCUT2D eigenvalue weighted by Crippen LogP contribution is 1.85. The first kappa shape index (κ1) is 6.24. The summed E-state index contributed by atoms with van der Waals surface area (Å²) in [5, 5.41) is -0.306. The smallest absolute Gasteiger partial charge is 0.240 e. The van der Waals surface area contributed by atoms with Crippen molar-refractivity contribution >= 4 is 8.19 Å². The minimum Gasteiger partial charge on any atom is -0.285 e. The van der Waals surface area contributed by atoms with Crippen molar-refractivity contribution in [2.75, 3.05) is 0 Å². The number of hydrogen-bond acceptors (Lipinski definition) is 2. The quantitative estimate of drug-likeness (QED) is 0.490. The Bertz CT molecular complexity index is 272. The van der Waals surface area contributed by atoms with Crippen LogP contribution in [0.5, 0.6) is 0 Å². The molecule has 0 N–H and O–H groups in total. The Labute approximate surface area is 53.3 Å². The van der Waals surface area contributed by atoms with Crippen molar-refractivity contribution in [1.29, 1.82) is 0 Å². The first-order valence-electron chi connectivity index (χ1n) is 2.49. The highest BCUT2D eigenvalue weighted by molar-refractivity contribution is 7.27. The Balaban J connectivity index is 3.62. The molecule has 0 fully saturated rings. The Morgan fingerprint density at radius 3 is 2.78 bits per heavy atom. The molecule has 0 bridgehead atoms. The predicted molar refractivity (Wildman–Crippen MR) is 38.5 cm³/mol. The van der Waals surface area contributed by atoms with Gasteiger partial charge in [-0.25, -0.2) is 0 Å². The van der Waals surface area contributed by atoms with E-state index in [1.165, 1.54) is 6.07 Å². The lowest BCUT2D eigenvalue weighted by Gasteiger charge is -1.58. The van der Waals surface area contributed by atoms with Gasteiger partial charge >= 0.3 is 0 Å². The lowest BCUT2D eigenvalue weighted by molar-refractivity contribution is 1.63. The minimum absolute atomic E-state index is 0.0174. The van der Waals surface area contributed by atoms with E-state index in [1.807, 2.05) is 0 Å². The average molecular weight is 140 g/mol. The number of hydrogen-bond donors (Lipinski definition) is 0. The second-order valence-corrected chi connectivity index (χ2v) is 2.63. The highest BCUT2D eigenvalue weighted by Gasteiger charge is 1.82. The maximum atomic E-state index is 10.6. The summed E-state index contributed by atoms with van der Waals surface area (Å²) in [5.41, 5.74) is -0.390. The fourth-order valence-corrected chi connectivity index (χ4v) is 1.05. The van der Waals surface area contributed by atoms with Crippen LogP contribution in [0.1, 0.15) is 0 Å². The van der Waals surface area contributed by atoms with Crippen LogP contribution < -0.4 is 10.6 Å². The molecule has 1 aromatic heterocycles. The van der Waals surface area contributed by atoms with E-state index in [1.54, 1.807) is 17.9 Å². The predicted octanol–water partition coefficient (Wildman–Crippen LogP) is 0.438. The molecule has 46 valence electrons. The summed E-state index contributed by atoms with van der Waals surface area (Å²) >= 11 is 0. The van der Waals surface area contributed by atoms with E-state index in [2.05, 4.69) is 0 Å². The summed E-state index contributed by atoms with van der Waals surface area (Å²) < 4.78 is 0. The molecule has 1 rings (SSSR count). The summed E-state index contributed by atoms with van der Waals surface area (Å²) in [6.45, 7) is 0. The van der Waals surface area contributed by atoms with Crippen molar-refractivity contribution in [3.63, 3.8) is 0 Å². The molecule has 3 heteroatoms. The van der Waals surface area contributed by atoms with Gasteiger partial charge < -0.3 is 0 Å². The molecule has 0 aliphatic heterocycles. The van der Waals surface area contributed by atoms with Crippen molar-refractivity contribution in [2.45, 2.75) is 0 Å². The third-order valence-electron chi connectivity index (χ3n) is 0.893. The molecule has 1 atom stereocenters. The fraction of sp³-hybridized carbons (Fsp3) is 0. The van der Waals surface area contributed by atoms with Gasteiger partial charge in [-0.2, -0.15) is 0 Å². The first-order chi connectivity index (χ1) is 4.30. The van der Waals surface area contributed by atoms with Gasteiger partial charge in [0.1, 0.15) is 0 Å². The van der Waals surface area contributed by atoms with Gasteiger partial charge in [0.2, 0.25) is 10.6 Å². The average Bonchev–Trinajstić information content (AvgIpc) is 1.99. The second-order valence-electron chi connectivity index (χ2n) is 1.56. The maximum Gasteiger partial charge on any atom is 0.240 e. The monoisotopic (exact) mass is 140 g/mol. The zero-order chi connectivity index (χ0) is 6.69. The molecule has 1 aromatic rings. The zero-order valence-corrected chi connectivity index (χ0v) is 5.63. The van der Waals surface area contributed by atoms with Gasteiger partial charge in [-0.1, -0.05) is 20.3 Å². The van der Waals surface area contributed by atoms with E-state index < -0.39 is 5.43 Å². The molecule has 0 spiro atoms. The summed E-state index contributed by atoms with van der Waals surface area (Å²) in [6, 6.07) is 4.58. The molecule has 1 unspecified atom stereocenters. The largest absolute Gasteiger partial charge is 0.285 e. The highest BCUT2D eigenvalue weighted by atomic mass is 31.0. The van der Waals surface area contributed by atoms with E-state index in [0.29, 0.717) is 0 Å². The van der Waals surface area contributed by atoms with Gasteiger partial charge in [-0.3, -0.25) is 9.59 Å². The molecule has 0 saturated heterocycles. The SMILES string of the molecule is O=c1cccc[pH]c1=O. The van der Waals surface area contributed by atoms with Crippen molar-refractivity contribution in [1.82, 2.24) is 0 Å². The molecular weight excluding hydrogens is 135 g/mol. The van der Waals surface area contributed by atoms with Gasteiger partial charge in [0.25, 0.3) is 0 Å². The molecule has 0 amide bonds. The van der Waals surface area contributed by atoms with Crippen LogP contribution in [0.2, 0.25) is 0 Å². The standard InChI is InChI=1S/C6H5O2P/c7-5-3-1-2-4-9-6(5)8/h1-4,9H. The van der Waals surface area contributed by atoms with Crippen LogP contribution >= 0.6 is 8.19 Å². The molecule has 0 radical (unpaired) electrons. The van der Waals surface area contributed by atoms with Crippen LogP contribution in [0.4, 0.5) is 0 Å². The molecule has 1 heterocycles. The molecule has 0 aliphatic rings. The van der Waals surface area contributed by atoms with Gasteiger partial charge in [0, 0.05) is 0 Å². The van der Waals surface area contributed by atoms with Crippen LogP contribution in [-0.2, 0) is 0 Å². The van der Waals surface area contributed by atoms with Crippen molar-refractivity contribution in [3.05, 3.63) is 44.2 Å². The summed E-state index contributed by atoms with van der Waals surface area (Å²) in [4.78, 5) is 21.1. The summed E-state index contributed by atoms with van der Waals surface area (Å²) in [7, 11) is 0.0174. The molecule has 2 nitrogen and oxygen atoms in total. The van der Waals surface area contributed by atoms with Gasteiger partial charge in [0.05, 0.1) is 0 Å². The second kappa shape index (κ2) is 2.60. The summed E-state index contributed by atoms with van der Waals surface area (Å²) in [5.74, 6) is 1.70. The Morgan fingerprint density at radius 1 is 1.22 bits per heavy atom. The zero-order valence-electron chi connectivity index (χ0n) is 4.63. The summed E-state index contributed by atoms with van der Waals surface area (Å²) in [6.07, 6.45) is 0. The third kappa shape index (κ3) is 1.51. The van der Waals surface area contributed by atoms with Gasteiger partial charge in [0.15, 0.2) is 0 Å². The topological polar surface area (TPSA) is 34.1 Å². The van der Waals surface area contributed by atoms with E-state index in [0.717, 1.165) is 0 Å². The lowest BCUT2D eigenvalue weighted by Crippen LogP contribution is -2.14. The Morgan fingerprint density at radius 2 is 2.00 bits per heavy atom. The number of rotatable bonds is 0. The minimum atomic E-state index is -0.390. The van der Waals surface area contributed by atoms with Crippen LogP contribution in [0.25, 0.3) is 0 Å². The molecule has 0 aromatic carbocycles. The van der Waals surface area contributed by atoms with Crippen LogP contribution in [0, 0.1) is 0 Å². The van der Waals surface area contributed by atoms with Crippen LogP contribution in [0.3, 0.4) is 0 Å². The molecule has 0 aliphatic carbocycles. The van der Waals surface area contributed by atoms with Crippen LogP contribution in [-0.4, -0.2) is 0 Å². The Kier molecular flexibility index (Phi) is 1.81. The molecule has 9 heavy (non-hydrogen) atoms. The Hall–Kier alpha value is -0.880. The van der Waals surface area contributed by atoms with Crippen molar-refractivity contribution in [3.8, 4) is 0 Å². The maximum absolute atomic E-state index is 10.6.